The van der Waals surface area contributed by atoms with Crippen LogP contribution in [0, 0.1) is 0 Å². The summed E-state index contributed by atoms with van der Waals surface area (Å²) in [6.07, 6.45) is 6.15. The zero-order valence-electron chi connectivity index (χ0n) is 9.73. The molecule has 15 heavy (non-hydrogen) atoms. The fourth-order valence-electron chi connectivity index (χ4n) is 1.58. The molecule has 1 aromatic heterocycles. The van der Waals surface area contributed by atoms with Crippen molar-refractivity contribution in [1.82, 2.24) is 10.3 Å². The first-order valence-electron chi connectivity index (χ1n) is 5.38. The number of pyridine rings is 1. The van der Waals surface area contributed by atoms with Crippen LogP contribution in [0.3, 0.4) is 0 Å². The summed E-state index contributed by atoms with van der Waals surface area (Å²) in [7, 11) is 3.73. The van der Waals surface area contributed by atoms with E-state index in [1.165, 1.54) is 5.56 Å². The Labute approximate surface area is 91.9 Å². The highest BCUT2D eigenvalue weighted by Crippen LogP contribution is 2.18. The van der Waals surface area contributed by atoms with Gasteiger partial charge in [0, 0.05) is 25.5 Å². The van der Waals surface area contributed by atoms with Gasteiger partial charge in [-0.1, -0.05) is 6.07 Å². The van der Waals surface area contributed by atoms with Gasteiger partial charge in [-0.05, 0) is 38.4 Å². The molecule has 0 bridgehead atoms. The third-order valence-corrected chi connectivity index (χ3v) is 2.70. The number of aromatic nitrogens is 1. The second-order valence-electron chi connectivity index (χ2n) is 3.75. The summed E-state index contributed by atoms with van der Waals surface area (Å²) in [5.74, 6) is 0. The molecule has 0 saturated heterocycles. The average Bonchev–Trinajstić information content (AvgIpc) is 2.31. The second kappa shape index (κ2) is 6.53. The molecule has 0 fully saturated rings. The first-order valence-corrected chi connectivity index (χ1v) is 5.38. The van der Waals surface area contributed by atoms with E-state index in [0.29, 0.717) is 12.1 Å². The van der Waals surface area contributed by atoms with Crippen molar-refractivity contribution in [3.05, 3.63) is 30.1 Å². The number of methoxy groups -OCH3 is 1. The highest BCUT2D eigenvalue weighted by molar-refractivity contribution is 5.13. The molecule has 1 rings (SSSR count). The Balaban J connectivity index is 2.50. The summed E-state index contributed by atoms with van der Waals surface area (Å²) in [5.41, 5.74) is 1.24. The van der Waals surface area contributed by atoms with Crippen LogP contribution in [0.5, 0.6) is 0 Å². The number of nitrogens with zero attached hydrogens (tertiary/aromatic N) is 1. The molecule has 0 spiro atoms. The van der Waals surface area contributed by atoms with E-state index in [2.05, 4.69) is 23.3 Å². The third kappa shape index (κ3) is 3.98. The van der Waals surface area contributed by atoms with Gasteiger partial charge in [0.15, 0.2) is 0 Å². The van der Waals surface area contributed by atoms with Crippen LogP contribution in [0.2, 0.25) is 0 Å². The monoisotopic (exact) mass is 208 g/mol. The summed E-state index contributed by atoms with van der Waals surface area (Å²) >= 11 is 0. The maximum atomic E-state index is 5.24. The molecule has 0 aliphatic rings. The van der Waals surface area contributed by atoms with Gasteiger partial charge >= 0.3 is 0 Å². The van der Waals surface area contributed by atoms with Gasteiger partial charge in [0.05, 0.1) is 6.10 Å². The number of hydrogen-bond donors (Lipinski definition) is 1. The number of rotatable bonds is 6. The van der Waals surface area contributed by atoms with Crippen molar-refractivity contribution in [2.75, 3.05) is 14.2 Å². The van der Waals surface area contributed by atoms with Crippen molar-refractivity contribution >= 4 is 0 Å². The summed E-state index contributed by atoms with van der Waals surface area (Å²) < 4.78 is 5.24. The van der Waals surface area contributed by atoms with Crippen molar-refractivity contribution < 1.29 is 4.74 Å². The predicted molar refractivity (Wildman–Crippen MR) is 61.7 cm³/mol. The molecular formula is C12H20N2O. The molecule has 0 aliphatic carbocycles. The molecule has 3 heteroatoms. The van der Waals surface area contributed by atoms with Gasteiger partial charge in [0.25, 0.3) is 0 Å². The van der Waals surface area contributed by atoms with Crippen molar-refractivity contribution in [1.29, 1.82) is 0 Å². The van der Waals surface area contributed by atoms with E-state index < -0.39 is 0 Å². The standard InChI is InChI=1S/C12H20N2O/c1-10(15-3)6-7-12(13-2)11-5-4-8-14-9-11/h4-5,8-10,12-13H,6-7H2,1-3H3. The molecule has 1 heterocycles. The van der Waals surface area contributed by atoms with Crippen LogP contribution in [0.15, 0.2) is 24.5 Å². The maximum absolute atomic E-state index is 5.24. The highest BCUT2D eigenvalue weighted by atomic mass is 16.5. The first kappa shape index (κ1) is 12.1. The minimum absolute atomic E-state index is 0.317. The van der Waals surface area contributed by atoms with Crippen molar-refractivity contribution in [3.63, 3.8) is 0 Å². The zero-order valence-corrected chi connectivity index (χ0v) is 9.73. The lowest BCUT2D eigenvalue weighted by Gasteiger charge is -2.18. The van der Waals surface area contributed by atoms with E-state index in [1.807, 2.05) is 19.3 Å². The molecule has 2 atom stereocenters. The molecule has 0 radical (unpaired) electrons. The zero-order chi connectivity index (χ0) is 11.1. The fourth-order valence-corrected chi connectivity index (χ4v) is 1.58. The molecule has 1 aromatic rings. The van der Waals surface area contributed by atoms with Crippen LogP contribution < -0.4 is 5.32 Å². The van der Waals surface area contributed by atoms with E-state index in [0.717, 1.165) is 12.8 Å². The van der Waals surface area contributed by atoms with E-state index in [-0.39, 0.29) is 0 Å². The van der Waals surface area contributed by atoms with Gasteiger partial charge in [-0.3, -0.25) is 4.98 Å². The van der Waals surface area contributed by atoms with Gasteiger partial charge < -0.3 is 10.1 Å². The van der Waals surface area contributed by atoms with E-state index in [4.69, 9.17) is 4.74 Å². The van der Waals surface area contributed by atoms with E-state index in [1.54, 1.807) is 13.3 Å². The maximum Gasteiger partial charge on any atom is 0.0543 e. The number of hydrogen-bond acceptors (Lipinski definition) is 3. The Bertz CT molecular complexity index is 264. The topological polar surface area (TPSA) is 34.1 Å². The lowest BCUT2D eigenvalue weighted by molar-refractivity contribution is 0.106. The van der Waals surface area contributed by atoms with Gasteiger partial charge in [0.2, 0.25) is 0 Å². The van der Waals surface area contributed by atoms with E-state index in [9.17, 15) is 0 Å². The molecule has 2 unspecified atom stereocenters. The van der Waals surface area contributed by atoms with Crippen LogP contribution in [-0.2, 0) is 4.74 Å². The second-order valence-corrected chi connectivity index (χ2v) is 3.75. The summed E-state index contributed by atoms with van der Waals surface area (Å²) in [5, 5.41) is 3.30. The molecule has 1 N–H and O–H groups in total. The van der Waals surface area contributed by atoms with Gasteiger partial charge in [-0.25, -0.2) is 0 Å². The van der Waals surface area contributed by atoms with Crippen molar-refractivity contribution in [2.24, 2.45) is 0 Å². The highest BCUT2D eigenvalue weighted by Gasteiger charge is 2.10. The summed E-state index contributed by atoms with van der Waals surface area (Å²) in [6.45, 7) is 2.09. The molecule has 84 valence electrons. The van der Waals surface area contributed by atoms with Gasteiger partial charge in [0.1, 0.15) is 0 Å². The molecular weight excluding hydrogens is 188 g/mol. The Morgan fingerprint density at radius 2 is 2.27 bits per heavy atom. The Kier molecular flexibility index (Phi) is 5.29. The Morgan fingerprint density at radius 1 is 1.47 bits per heavy atom. The van der Waals surface area contributed by atoms with Crippen molar-refractivity contribution in [3.8, 4) is 0 Å². The third-order valence-electron chi connectivity index (χ3n) is 2.70. The van der Waals surface area contributed by atoms with Crippen LogP contribution in [0.25, 0.3) is 0 Å². The Hall–Kier alpha value is -0.930. The number of ether oxygens (including phenoxy) is 1. The predicted octanol–water partition coefficient (Wildman–Crippen LogP) is 2.16. The SMILES string of the molecule is CNC(CCC(C)OC)c1cccnc1. The molecule has 0 saturated carbocycles. The minimum Gasteiger partial charge on any atom is -0.382 e. The lowest BCUT2D eigenvalue weighted by Crippen LogP contribution is -2.18. The Morgan fingerprint density at radius 3 is 2.80 bits per heavy atom. The van der Waals surface area contributed by atoms with Crippen LogP contribution in [0.4, 0.5) is 0 Å². The van der Waals surface area contributed by atoms with Gasteiger partial charge in [-0.15, -0.1) is 0 Å². The minimum atomic E-state index is 0.317. The lowest BCUT2D eigenvalue weighted by atomic mass is 10.0. The van der Waals surface area contributed by atoms with Crippen LogP contribution >= 0.6 is 0 Å². The first-order chi connectivity index (χ1) is 7.27. The largest absolute Gasteiger partial charge is 0.382 e. The van der Waals surface area contributed by atoms with Crippen LogP contribution in [-0.4, -0.2) is 25.2 Å². The normalized spacial score (nSPS) is 14.9. The quantitative estimate of drug-likeness (QED) is 0.778. The summed E-state index contributed by atoms with van der Waals surface area (Å²) in [6, 6.07) is 4.45. The fraction of sp³-hybridized carbons (Fsp3) is 0.583. The molecule has 0 amide bonds. The molecule has 0 aliphatic heterocycles. The number of nitrogens with one attached hydrogen (secondary N) is 1. The van der Waals surface area contributed by atoms with E-state index >= 15 is 0 Å². The van der Waals surface area contributed by atoms with Crippen molar-refractivity contribution in [2.45, 2.75) is 31.9 Å². The molecule has 0 aromatic carbocycles. The van der Waals surface area contributed by atoms with Gasteiger partial charge in [-0.2, -0.15) is 0 Å². The smallest absolute Gasteiger partial charge is 0.0543 e. The average molecular weight is 208 g/mol. The molecule has 3 nitrogen and oxygen atoms in total. The summed E-state index contributed by atoms with van der Waals surface area (Å²) in [4.78, 5) is 4.13. The van der Waals surface area contributed by atoms with Crippen LogP contribution in [0.1, 0.15) is 31.4 Å².